The second-order valence-corrected chi connectivity index (χ2v) is 8.56. The van der Waals surface area contributed by atoms with Gasteiger partial charge in [-0.05, 0) is 57.6 Å². The van der Waals surface area contributed by atoms with Gasteiger partial charge in [-0.3, -0.25) is 9.89 Å². The molecule has 1 amide bonds. The van der Waals surface area contributed by atoms with Gasteiger partial charge in [-0.1, -0.05) is 32.1 Å². The Labute approximate surface area is 163 Å². The number of likely N-dealkylation sites (tertiary alicyclic amines) is 1. The highest BCUT2D eigenvalue weighted by Gasteiger charge is 2.41. The van der Waals surface area contributed by atoms with E-state index < -0.39 is 5.60 Å². The fraction of sp³-hybridized carbons (Fsp3) is 0.810. The van der Waals surface area contributed by atoms with Crippen LogP contribution in [0.4, 0.5) is 0 Å². The number of nitrogens with zero attached hydrogens (tertiary/aromatic N) is 2. The molecular formula is C21H36N4O2. The molecule has 27 heavy (non-hydrogen) atoms. The van der Waals surface area contributed by atoms with Crippen molar-refractivity contribution in [3.63, 3.8) is 0 Å². The van der Waals surface area contributed by atoms with Gasteiger partial charge >= 0.3 is 0 Å². The van der Waals surface area contributed by atoms with Crippen molar-refractivity contribution in [2.45, 2.75) is 77.2 Å². The summed E-state index contributed by atoms with van der Waals surface area (Å²) < 4.78 is 0. The Morgan fingerprint density at radius 3 is 2.74 bits per heavy atom. The zero-order valence-electron chi connectivity index (χ0n) is 17.0. The Morgan fingerprint density at radius 2 is 2.04 bits per heavy atom. The number of aliphatic hydroxyl groups is 1. The molecule has 6 nitrogen and oxygen atoms in total. The number of aromatic amines is 1. The van der Waals surface area contributed by atoms with Gasteiger partial charge in [0.05, 0.1) is 5.69 Å². The minimum Gasteiger partial charge on any atom is -0.379 e. The van der Waals surface area contributed by atoms with Gasteiger partial charge in [0, 0.05) is 25.3 Å². The van der Waals surface area contributed by atoms with Crippen LogP contribution in [-0.4, -0.2) is 57.9 Å². The third-order valence-corrected chi connectivity index (χ3v) is 6.49. The van der Waals surface area contributed by atoms with E-state index in [1.165, 1.54) is 37.7 Å². The van der Waals surface area contributed by atoms with Crippen molar-refractivity contribution in [3.8, 4) is 0 Å². The molecule has 0 unspecified atom stereocenters. The summed E-state index contributed by atoms with van der Waals surface area (Å²) in [7, 11) is 0. The molecular weight excluding hydrogens is 340 g/mol. The minimum absolute atomic E-state index is 0.0762. The van der Waals surface area contributed by atoms with Gasteiger partial charge in [0.2, 0.25) is 0 Å². The van der Waals surface area contributed by atoms with Crippen molar-refractivity contribution >= 4 is 5.91 Å². The molecule has 1 atom stereocenters. The maximum absolute atomic E-state index is 12.9. The summed E-state index contributed by atoms with van der Waals surface area (Å²) in [4.78, 5) is 14.8. The van der Waals surface area contributed by atoms with Gasteiger partial charge in [-0.15, -0.1) is 0 Å². The lowest BCUT2D eigenvalue weighted by molar-refractivity contribution is -0.156. The van der Waals surface area contributed by atoms with Crippen molar-refractivity contribution < 1.29 is 9.90 Å². The van der Waals surface area contributed by atoms with E-state index >= 15 is 0 Å². The lowest BCUT2D eigenvalue weighted by Crippen LogP contribution is -2.58. The van der Waals surface area contributed by atoms with E-state index in [2.05, 4.69) is 15.5 Å². The number of carbonyl (C=O) groups is 1. The molecule has 152 valence electrons. The molecule has 3 N–H and O–H groups in total. The number of nitrogens with one attached hydrogen (secondary N) is 2. The molecule has 0 radical (unpaired) electrons. The fourth-order valence-corrected chi connectivity index (χ4v) is 4.71. The molecule has 6 heteroatoms. The monoisotopic (exact) mass is 376 g/mol. The highest BCUT2D eigenvalue weighted by Crippen LogP contribution is 2.28. The first-order valence-corrected chi connectivity index (χ1v) is 10.7. The SMILES string of the molecule is Cc1n[nH]c(C)c1CCNC[C@]1(O)CCCN(CCC2CCCCC2)C1=O. The Bertz CT molecular complexity index is 604. The van der Waals surface area contributed by atoms with Crippen LogP contribution in [0.3, 0.4) is 0 Å². The number of piperidine rings is 1. The van der Waals surface area contributed by atoms with Gasteiger partial charge in [-0.25, -0.2) is 0 Å². The third-order valence-electron chi connectivity index (χ3n) is 6.49. The predicted molar refractivity (Wildman–Crippen MR) is 107 cm³/mol. The maximum atomic E-state index is 12.9. The largest absolute Gasteiger partial charge is 0.379 e. The van der Waals surface area contributed by atoms with Crippen LogP contribution in [0.5, 0.6) is 0 Å². The number of carbonyl (C=O) groups excluding carboxylic acids is 1. The smallest absolute Gasteiger partial charge is 0.255 e. The average Bonchev–Trinajstić information content (AvgIpc) is 2.99. The Balaban J connectivity index is 1.45. The molecule has 2 aliphatic rings. The maximum Gasteiger partial charge on any atom is 0.255 e. The van der Waals surface area contributed by atoms with Crippen LogP contribution in [0, 0.1) is 19.8 Å². The molecule has 1 saturated heterocycles. The van der Waals surface area contributed by atoms with Crippen molar-refractivity contribution in [1.29, 1.82) is 0 Å². The molecule has 1 aromatic rings. The topological polar surface area (TPSA) is 81.2 Å². The van der Waals surface area contributed by atoms with Crippen molar-refractivity contribution in [1.82, 2.24) is 20.4 Å². The predicted octanol–water partition coefficient (Wildman–Crippen LogP) is 2.48. The zero-order chi connectivity index (χ0) is 19.3. The number of hydrogen-bond acceptors (Lipinski definition) is 4. The molecule has 1 saturated carbocycles. The normalized spacial score (nSPS) is 24.6. The standard InChI is InChI=1S/C21H36N4O2/c1-16-19(17(2)24-23-16)9-12-22-15-21(27)11-6-13-25(20(21)26)14-10-18-7-4-3-5-8-18/h18,22,27H,3-15H2,1-2H3,(H,23,24)/t21-/m1/s1. The quantitative estimate of drug-likeness (QED) is 0.609. The van der Waals surface area contributed by atoms with Gasteiger partial charge in [0.15, 0.2) is 5.60 Å². The number of amides is 1. The zero-order valence-corrected chi connectivity index (χ0v) is 17.0. The van der Waals surface area contributed by atoms with Gasteiger partial charge < -0.3 is 15.3 Å². The third kappa shape index (κ3) is 5.11. The molecule has 1 aliphatic heterocycles. The van der Waals surface area contributed by atoms with Crippen LogP contribution >= 0.6 is 0 Å². The molecule has 3 rings (SSSR count). The van der Waals surface area contributed by atoms with E-state index in [0.29, 0.717) is 13.0 Å². The Morgan fingerprint density at radius 1 is 1.26 bits per heavy atom. The van der Waals surface area contributed by atoms with Crippen LogP contribution in [0.2, 0.25) is 0 Å². The van der Waals surface area contributed by atoms with E-state index in [9.17, 15) is 9.90 Å². The number of rotatable bonds is 8. The van der Waals surface area contributed by atoms with E-state index in [1.54, 1.807) is 0 Å². The average molecular weight is 377 g/mol. The van der Waals surface area contributed by atoms with E-state index in [4.69, 9.17) is 0 Å². The first kappa shape index (κ1) is 20.3. The highest BCUT2D eigenvalue weighted by atomic mass is 16.3. The Hall–Kier alpha value is -1.40. The fourth-order valence-electron chi connectivity index (χ4n) is 4.71. The van der Waals surface area contributed by atoms with Crippen LogP contribution in [0.1, 0.15) is 68.3 Å². The molecule has 0 aromatic carbocycles. The first-order valence-electron chi connectivity index (χ1n) is 10.7. The summed E-state index contributed by atoms with van der Waals surface area (Å²) in [6.07, 6.45) is 10.0. The lowest BCUT2D eigenvalue weighted by Gasteiger charge is -2.39. The summed E-state index contributed by atoms with van der Waals surface area (Å²) in [6, 6.07) is 0. The molecule has 2 heterocycles. The van der Waals surface area contributed by atoms with E-state index in [0.717, 1.165) is 56.2 Å². The van der Waals surface area contributed by atoms with Crippen molar-refractivity contribution in [2.24, 2.45) is 5.92 Å². The summed E-state index contributed by atoms with van der Waals surface area (Å²) in [6.45, 7) is 6.69. The van der Waals surface area contributed by atoms with Crippen LogP contribution < -0.4 is 5.32 Å². The summed E-state index contributed by atoms with van der Waals surface area (Å²) >= 11 is 0. The van der Waals surface area contributed by atoms with Gasteiger partial charge in [-0.2, -0.15) is 5.10 Å². The Kier molecular flexibility index (Phi) is 6.93. The first-order chi connectivity index (χ1) is 13.0. The summed E-state index contributed by atoms with van der Waals surface area (Å²) in [5.74, 6) is 0.689. The van der Waals surface area contributed by atoms with Crippen molar-refractivity contribution in [3.05, 3.63) is 17.0 Å². The minimum atomic E-state index is -1.24. The molecule has 2 fully saturated rings. The molecule has 1 aromatic heterocycles. The summed E-state index contributed by atoms with van der Waals surface area (Å²) in [5, 5.41) is 21.5. The summed E-state index contributed by atoms with van der Waals surface area (Å²) in [5.41, 5.74) is 2.09. The van der Waals surface area contributed by atoms with Crippen LogP contribution in [0.15, 0.2) is 0 Å². The second kappa shape index (κ2) is 9.20. The van der Waals surface area contributed by atoms with E-state index in [-0.39, 0.29) is 5.91 Å². The second-order valence-electron chi connectivity index (χ2n) is 8.56. The van der Waals surface area contributed by atoms with Crippen LogP contribution in [-0.2, 0) is 11.2 Å². The number of aromatic nitrogens is 2. The number of hydrogen-bond donors (Lipinski definition) is 3. The van der Waals surface area contributed by atoms with Gasteiger partial charge in [0.1, 0.15) is 0 Å². The lowest BCUT2D eigenvalue weighted by atomic mass is 9.86. The number of aryl methyl sites for hydroxylation is 2. The van der Waals surface area contributed by atoms with Gasteiger partial charge in [0.25, 0.3) is 5.91 Å². The van der Waals surface area contributed by atoms with E-state index in [1.807, 2.05) is 18.7 Å². The molecule has 1 aliphatic carbocycles. The van der Waals surface area contributed by atoms with Crippen molar-refractivity contribution in [2.75, 3.05) is 26.2 Å². The number of H-pyrrole nitrogens is 1. The highest BCUT2D eigenvalue weighted by molar-refractivity contribution is 5.86. The molecule has 0 bridgehead atoms. The van der Waals surface area contributed by atoms with Crippen LogP contribution in [0.25, 0.3) is 0 Å². The molecule has 0 spiro atoms.